The van der Waals surface area contributed by atoms with Crippen molar-refractivity contribution in [3.8, 4) is 11.5 Å². The van der Waals surface area contributed by atoms with Crippen molar-refractivity contribution in [1.82, 2.24) is 0 Å². The number of Topliss-reactive ketones (excluding diaryl/α,β-unsaturated/α-hetero) is 1. The average Bonchev–Trinajstić information content (AvgIpc) is 3.78. The highest BCUT2D eigenvalue weighted by Crippen LogP contribution is 2.75. The Morgan fingerprint density at radius 2 is 1.75 bits per heavy atom. The second-order valence-electron chi connectivity index (χ2n) is 17.4. The van der Waals surface area contributed by atoms with Crippen LogP contribution in [0.3, 0.4) is 0 Å². The van der Waals surface area contributed by atoms with Gasteiger partial charge in [0.05, 0.1) is 17.9 Å². The Morgan fingerprint density at radius 1 is 1.02 bits per heavy atom. The van der Waals surface area contributed by atoms with Crippen molar-refractivity contribution in [1.29, 1.82) is 0 Å². The highest BCUT2D eigenvalue weighted by molar-refractivity contribution is 6.01. The zero-order valence-electron chi connectivity index (χ0n) is 31.2. The summed E-state index contributed by atoms with van der Waals surface area (Å²) in [5.41, 5.74) is 0.288. The van der Waals surface area contributed by atoms with Gasteiger partial charge in [-0.25, -0.2) is 4.79 Å². The van der Waals surface area contributed by atoms with E-state index in [1.807, 2.05) is 43.3 Å². The summed E-state index contributed by atoms with van der Waals surface area (Å²) in [6.45, 7) is 11.1. The smallest absolute Gasteiger partial charge is 0.412 e. The van der Waals surface area contributed by atoms with Crippen molar-refractivity contribution in [2.24, 2.45) is 28.1 Å². The van der Waals surface area contributed by atoms with E-state index >= 15 is 0 Å². The molecule has 4 aliphatic carbocycles. The van der Waals surface area contributed by atoms with Crippen LogP contribution in [0.5, 0.6) is 11.5 Å². The van der Waals surface area contributed by atoms with Gasteiger partial charge < -0.3 is 33.9 Å². The first kappa shape index (κ1) is 36.0. The fourth-order valence-electron chi connectivity index (χ4n) is 10.9. The maximum Gasteiger partial charge on any atom is 0.412 e. The second-order valence-corrected chi connectivity index (χ2v) is 17.4. The summed E-state index contributed by atoms with van der Waals surface area (Å²) < 4.78 is 30.4. The SMILES string of the molecule is CC(C)(C)OC(=O)Nc1ccc(Cc2ccc([C@@H]3O[C@@H]4C[C@@]5(C)[C@@H]6CCC7=CC(=O)C=C[C@]7(C)[C@H]6[C@@H](O)C[C@]5(C)[C@]4(C(=O)CO)O3)cc2)c2c1OCO2. The minimum absolute atomic E-state index is 0.0171. The van der Waals surface area contributed by atoms with Gasteiger partial charge in [0.1, 0.15) is 12.2 Å². The highest BCUT2D eigenvalue weighted by Gasteiger charge is 2.80. The number of ketones is 2. The summed E-state index contributed by atoms with van der Waals surface area (Å²) in [7, 11) is 0. The molecule has 53 heavy (non-hydrogen) atoms. The van der Waals surface area contributed by atoms with Crippen LogP contribution >= 0.6 is 0 Å². The topological polar surface area (TPSA) is 150 Å². The Hall–Kier alpha value is -4.03. The standard InChI is InChI=1S/C42H49NO10/c1-38(2,3)53-37(48)43-29-14-11-25(34-35(29)50-22-49-34)17-23-7-9-24(10-8-23)36-51-32-20-40(5)28-13-12-26-18-27(45)15-16-39(26,4)33(28)30(46)19-41(40,6)42(32,52-36)31(47)21-44/h7-11,14-16,18,28,30,32-33,36,44,46H,12-13,17,19-22H2,1-6H3,(H,43,48)/t28-,30+,32-,33-,36-,39+,40+,41+,42-/m1/s1. The predicted molar refractivity (Wildman–Crippen MR) is 193 cm³/mol. The van der Waals surface area contributed by atoms with Crippen molar-refractivity contribution in [2.75, 3.05) is 18.7 Å². The van der Waals surface area contributed by atoms with E-state index in [-0.39, 0.29) is 24.4 Å². The quantitative estimate of drug-likeness (QED) is 0.308. The summed E-state index contributed by atoms with van der Waals surface area (Å²) in [6.07, 6.45) is 5.41. The molecule has 0 spiro atoms. The Bertz CT molecular complexity index is 1930. The molecule has 3 N–H and O–H groups in total. The number of hydrogen-bond acceptors (Lipinski definition) is 10. The third-order valence-electron chi connectivity index (χ3n) is 13.5. The molecule has 6 aliphatic rings. The fourth-order valence-corrected chi connectivity index (χ4v) is 10.9. The number of aliphatic hydroxyl groups is 2. The van der Waals surface area contributed by atoms with Gasteiger partial charge in [0.15, 0.2) is 35.0 Å². The Labute approximate surface area is 309 Å². The summed E-state index contributed by atoms with van der Waals surface area (Å²) in [5.74, 6) is 0.466. The van der Waals surface area contributed by atoms with Crippen LogP contribution in [0.2, 0.25) is 0 Å². The summed E-state index contributed by atoms with van der Waals surface area (Å²) in [6, 6.07) is 11.5. The van der Waals surface area contributed by atoms with E-state index in [2.05, 4.69) is 19.2 Å². The van der Waals surface area contributed by atoms with E-state index in [0.29, 0.717) is 36.4 Å². The molecule has 2 aromatic carbocycles. The second kappa shape index (κ2) is 12.2. The number of fused-ring (bicyclic) bond motifs is 8. The Balaban J connectivity index is 1.03. The number of nitrogens with one attached hydrogen (secondary N) is 1. The molecule has 0 unspecified atom stereocenters. The number of amides is 1. The van der Waals surface area contributed by atoms with Crippen molar-refractivity contribution < 1.29 is 48.3 Å². The molecule has 4 fully saturated rings. The van der Waals surface area contributed by atoms with Crippen molar-refractivity contribution in [3.63, 3.8) is 0 Å². The summed E-state index contributed by atoms with van der Waals surface area (Å²) in [4.78, 5) is 38.8. The van der Waals surface area contributed by atoms with E-state index in [0.717, 1.165) is 35.1 Å². The number of anilines is 1. The van der Waals surface area contributed by atoms with Gasteiger partial charge in [-0.2, -0.15) is 0 Å². The summed E-state index contributed by atoms with van der Waals surface area (Å²) in [5, 5.41) is 25.2. The molecule has 0 aromatic heterocycles. The number of rotatable bonds is 6. The van der Waals surface area contributed by atoms with Crippen molar-refractivity contribution >= 4 is 23.3 Å². The molecule has 0 radical (unpaired) electrons. The molecule has 1 saturated heterocycles. The third-order valence-corrected chi connectivity index (χ3v) is 13.5. The van der Waals surface area contributed by atoms with Gasteiger partial charge in [-0.1, -0.05) is 62.8 Å². The molecule has 0 bridgehead atoms. The molecule has 8 rings (SSSR count). The predicted octanol–water partition coefficient (Wildman–Crippen LogP) is 6.35. The number of ether oxygens (including phenoxy) is 5. The molecular weight excluding hydrogens is 678 g/mol. The van der Waals surface area contributed by atoms with Gasteiger partial charge in [0.2, 0.25) is 6.79 Å². The number of aliphatic hydroxyl groups excluding tert-OH is 2. The lowest BCUT2D eigenvalue weighted by molar-refractivity contribution is -0.225. The van der Waals surface area contributed by atoms with E-state index in [4.69, 9.17) is 23.7 Å². The minimum atomic E-state index is -1.45. The average molecular weight is 728 g/mol. The maximum absolute atomic E-state index is 14.0. The zero-order chi connectivity index (χ0) is 37.7. The first-order valence-corrected chi connectivity index (χ1v) is 18.6. The number of carbonyl (C=O) groups excluding carboxylic acids is 3. The summed E-state index contributed by atoms with van der Waals surface area (Å²) >= 11 is 0. The molecule has 11 nitrogen and oxygen atoms in total. The van der Waals surface area contributed by atoms with Crippen LogP contribution in [0.1, 0.15) is 90.2 Å². The van der Waals surface area contributed by atoms with Crippen LogP contribution < -0.4 is 14.8 Å². The van der Waals surface area contributed by atoms with Crippen LogP contribution in [0, 0.1) is 28.1 Å². The van der Waals surface area contributed by atoms with E-state index in [9.17, 15) is 24.6 Å². The van der Waals surface area contributed by atoms with Gasteiger partial charge in [0.25, 0.3) is 0 Å². The van der Waals surface area contributed by atoms with E-state index in [1.54, 1.807) is 39.0 Å². The maximum atomic E-state index is 14.0. The van der Waals surface area contributed by atoms with Gasteiger partial charge in [-0.3, -0.25) is 14.9 Å². The van der Waals surface area contributed by atoms with Crippen LogP contribution in [0.25, 0.3) is 0 Å². The molecular formula is C42H49NO10. The largest absolute Gasteiger partial charge is 0.453 e. The van der Waals surface area contributed by atoms with Crippen molar-refractivity contribution in [2.45, 2.75) is 103 Å². The molecule has 1 amide bonds. The molecule has 11 heteroatoms. The molecule has 2 heterocycles. The number of benzene rings is 2. The number of hydrogen-bond donors (Lipinski definition) is 3. The monoisotopic (exact) mass is 727 g/mol. The van der Waals surface area contributed by atoms with E-state index < -0.39 is 64.4 Å². The van der Waals surface area contributed by atoms with Crippen LogP contribution in [0.15, 0.2) is 60.2 Å². The van der Waals surface area contributed by atoms with Gasteiger partial charge in [0, 0.05) is 34.3 Å². The van der Waals surface area contributed by atoms with Gasteiger partial charge in [-0.15, -0.1) is 0 Å². The third kappa shape index (κ3) is 5.33. The molecule has 282 valence electrons. The first-order valence-electron chi connectivity index (χ1n) is 18.6. The number of carbonyl (C=O) groups is 3. The number of allylic oxidation sites excluding steroid dienone is 4. The van der Waals surface area contributed by atoms with Crippen LogP contribution in [-0.2, 0) is 30.2 Å². The van der Waals surface area contributed by atoms with Gasteiger partial charge >= 0.3 is 6.09 Å². The van der Waals surface area contributed by atoms with Gasteiger partial charge in [-0.05, 0) is 81.6 Å². The first-order chi connectivity index (χ1) is 25.0. The molecule has 2 aliphatic heterocycles. The highest BCUT2D eigenvalue weighted by atomic mass is 16.7. The van der Waals surface area contributed by atoms with E-state index in [1.165, 1.54) is 0 Å². The Kier molecular flexibility index (Phi) is 8.31. The zero-order valence-corrected chi connectivity index (χ0v) is 31.2. The molecule has 2 aromatic rings. The molecule has 9 atom stereocenters. The lowest BCUT2D eigenvalue weighted by Gasteiger charge is -2.64. The van der Waals surface area contributed by atoms with Crippen LogP contribution in [-0.4, -0.2) is 64.7 Å². The molecule has 3 saturated carbocycles. The fraction of sp³-hybridized carbons (Fsp3) is 0.548. The van der Waals surface area contributed by atoms with Crippen LogP contribution in [0.4, 0.5) is 10.5 Å². The van der Waals surface area contributed by atoms with Crippen molar-refractivity contribution in [3.05, 3.63) is 76.9 Å². The lowest BCUT2D eigenvalue weighted by atomic mass is 9.41. The Morgan fingerprint density at radius 3 is 2.47 bits per heavy atom. The minimum Gasteiger partial charge on any atom is -0.453 e. The lowest BCUT2D eigenvalue weighted by Crippen LogP contribution is -2.66. The normalized spacial score (nSPS) is 36.6.